The van der Waals surface area contributed by atoms with Crippen LogP contribution in [0.2, 0.25) is 18.1 Å². The van der Waals surface area contributed by atoms with Crippen LogP contribution in [-0.4, -0.2) is 8.32 Å². The van der Waals surface area contributed by atoms with E-state index in [1.54, 1.807) is 0 Å². The number of unbranched alkanes of at least 4 members (excludes halogenated alkanes) is 4. The van der Waals surface area contributed by atoms with Crippen molar-refractivity contribution in [3.63, 3.8) is 0 Å². The molecule has 18 heavy (non-hydrogen) atoms. The molecule has 0 spiro atoms. The molecule has 0 fully saturated rings. The van der Waals surface area contributed by atoms with Gasteiger partial charge in [0.15, 0.2) is 0 Å². The van der Waals surface area contributed by atoms with Gasteiger partial charge in [-0.25, -0.2) is 0 Å². The summed E-state index contributed by atoms with van der Waals surface area (Å²) in [6.45, 7) is 17.3. The first-order valence-corrected chi connectivity index (χ1v) is 9.98. The van der Waals surface area contributed by atoms with Crippen molar-refractivity contribution in [2.75, 3.05) is 0 Å². The molecule has 0 atom stereocenters. The van der Waals surface area contributed by atoms with E-state index in [0.717, 1.165) is 6.42 Å². The van der Waals surface area contributed by atoms with E-state index >= 15 is 0 Å². The molecule has 0 N–H and O–H groups in total. The Hall–Kier alpha value is -0.683. The van der Waals surface area contributed by atoms with Crippen LogP contribution in [-0.2, 0) is 4.43 Å². The van der Waals surface area contributed by atoms with Crippen molar-refractivity contribution < 1.29 is 4.43 Å². The lowest BCUT2D eigenvalue weighted by Gasteiger charge is -2.36. The molecular weight excluding hydrogens is 236 g/mol. The lowest BCUT2D eigenvalue weighted by atomic mass is 10.2. The summed E-state index contributed by atoms with van der Waals surface area (Å²) in [7, 11) is -1.75. The van der Waals surface area contributed by atoms with E-state index in [1.807, 2.05) is 0 Å². The number of rotatable bonds is 6. The number of allylic oxidation sites excluding steroid dienone is 1. The van der Waals surface area contributed by atoms with Crippen LogP contribution in [0.1, 0.15) is 59.8 Å². The van der Waals surface area contributed by atoms with Gasteiger partial charge in [-0.05, 0) is 37.1 Å². The average molecular weight is 267 g/mol. The molecule has 0 amide bonds. The van der Waals surface area contributed by atoms with Crippen LogP contribution >= 0.6 is 0 Å². The molecule has 0 aromatic heterocycles. The van der Waals surface area contributed by atoms with Crippen molar-refractivity contribution in [1.29, 1.82) is 0 Å². The van der Waals surface area contributed by atoms with E-state index in [0.29, 0.717) is 5.76 Å². The first-order valence-electron chi connectivity index (χ1n) is 7.07. The lowest BCUT2D eigenvalue weighted by molar-refractivity contribution is 0.406. The zero-order chi connectivity index (χ0) is 14.2. The molecule has 0 aromatic carbocycles. The second-order valence-corrected chi connectivity index (χ2v) is 11.1. The molecule has 0 radical (unpaired) electrons. The van der Waals surface area contributed by atoms with E-state index in [9.17, 15) is 0 Å². The Bertz CT molecular complexity index is 312. The van der Waals surface area contributed by atoms with E-state index in [1.165, 1.54) is 25.7 Å². The highest BCUT2D eigenvalue weighted by molar-refractivity contribution is 6.74. The summed E-state index contributed by atoms with van der Waals surface area (Å²) in [6.07, 6.45) is 6.01. The molecule has 0 saturated carbocycles. The van der Waals surface area contributed by atoms with Gasteiger partial charge in [0.25, 0.3) is 8.32 Å². The third-order valence-electron chi connectivity index (χ3n) is 3.57. The zero-order valence-electron chi connectivity index (χ0n) is 13.2. The molecule has 0 aliphatic heterocycles. The Morgan fingerprint density at radius 3 is 2.28 bits per heavy atom. The fourth-order valence-electron chi connectivity index (χ4n) is 1.29. The number of hydrogen-bond donors (Lipinski definition) is 0. The van der Waals surface area contributed by atoms with Crippen LogP contribution in [0.4, 0.5) is 0 Å². The molecule has 0 unspecified atom stereocenters. The first-order chi connectivity index (χ1) is 8.20. The van der Waals surface area contributed by atoms with Crippen LogP contribution in [0.5, 0.6) is 0 Å². The van der Waals surface area contributed by atoms with Gasteiger partial charge < -0.3 is 4.43 Å². The standard InChI is InChI=1S/C16H30OSi/c1-8-9-10-11-12-13-14-15(2)17-18(6,7)16(3,4)5/h2,8-12H2,1,3-7H3. The summed E-state index contributed by atoms with van der Waals surface area (Å²) in [5, 5.41) is 0.207. The SMILES string of the molecule is C=C(C#CCCCCCC)O[Si](C)(C)C(C)(C)C. The van der Waals surface area contributed by atoms with E-state index in [2.05, 4.69) is 59.2 Å². The van der Waals surface area contributed by atoms with Gasteiger partial charge in [-0.15, -0.1) is 0 Å². The van der Waals surface area contributed by atoms with Gasteiger partial charge in [-0.1, -0.05) is 52.9 Å². The summed E-state index contributed by atoms with van der Waals surface area (Å²) in [6, 6.07) is 0. The predicted molar refractivity (Wildman–Crippen MR) is 84.0 cm³/mol. The second kappa shape index (κ2) is 7.69. The maximum absolute atomic E-state index is 6.00. The van der Waals surface area contributed by atoms with Gasteiger partial charge in [0.05, 0.1) is 0 Å². The maximum Gasteiger partial charge on any atom is 0.251 e. The monoisotopic (exact) mass is 266 g/mol. The Morgan fingerprint density at radius 1 is 1.17 bits per heavy atom. The molecule has 0 rings (SSSR count). The van der Waals surface area contributed by atoms with Crippen LogP contribution in [0.25, 0.3) is 0 Å². The molecule has 0 aromatic rings. The van der Waals surface area contributed by atoms with Crippen LogP contribution < -0.4 is 0 Å². The van der Waals surface area contributed by atoms with Crippen molar-refractivity contribution in [2.24, 2.45) is 0 Å². The van der Waals surface area contributed by atoms with Crippen LogP contribution in [0.3, 0.4) is 0 Å². The van der Waals surface area contributed by atoms with Gasteiger partial charge in [0.2, 0.25) is 0 Å². The lowest BCUT2D eigenvalue weighted by Crippen LogP contribution is -2.40. The normalized spacial score (nSPS) is 11.7. The van der Waals surface area contributed by atoms with Gasteiger partial charge in [-0.3, -0.25) is 0 Å². The summed E-state index contributed by atoms with van der Waals surface area (Å²) < 4.78 is 6.00. The smallest absolute Gasteiger partial charge is 0.251 e. The second-order valence-electron chi connectivity index (χ2n) is 6.40. The minimum absolute atomic E-state index is 0.207. The Kier molecular flexibility index (Phi) is 7.39. The molecule has 0 bridgehead atoms. The maximum atomic E-state index is 6.00. The highest BCUT2D eigenvalue weighted by Crippen LogP contribution is 2.37. The highest BCUT2D eigenvalue weighted by atomic mass is 28.4. The fraction of sp³-hybridized carbons (Fsp3) is 0.750. The molecule has 1 nitrogen and oxygen atoms in total. The highest BCUT2D eigenvalue weighted by Gasteiger charge is 2.38. The van der Waals surface area contributed by atoms with Crippen molar-refractivity contribution in [2.45, 2.75) is 77.9 Å². The quantitative estimate of drug-likeness (QED) is 0.267. The third kappa shape index (κ3) is 6.91. The van der Waals surface area contributed by atoms with Gasteiger partial charge in [0, 0.05) is 6.42 Å². The minimum atomic E-state index is -1.75. The molecule has 0 aliphatic carbocycles. The first kappa shape index (κ1) is 17.3. The van der Waals surface area contributed by atoms with E-state index < -0.39 is 8.32 Å². The zero-order valence-corrected chi connectivity index (χ0v) is 14.2. The summed E-state index contributed by atoms with van der Waals surface area (Å²) >= 11 is 0. The van der Waals surface area contributed by atoms with Crippen LogP contribution in [0.15, 0.2) is 12.3 Å². The molecule has 0 heterocycles. The fourth-order valence-corrected chi connectivity index (χ4v) is 2.26. The summed E-state index contributed by atoms with van der Waals surface area (Å²) in [4.78, 5) is 0. The summed E-state index contributed by atoms with van der Waals surface area (Å²) in [5.74, 6) is 6.87. The van der Waals surface area contributed by atoms with Crippen molar-refractivity contribution in [3.8, 4) is 11.8 Å². The molecule has 104 valence electrons. The average Bonchev–Trinajstić information content (AvgIpc) is 2.20. The largest absolute Gasteiger partial charge is 0.538 e. The minimum Gasteiger partial charge on any atom is -0.538 e. The van der Waals surface area contributed by atoms with Gasteiger partial charge >= 0.3 is 0 Å². The Morgan fingerprint density at radius 2 is 1.78 bits per heavy atom. The number of hydrogen-bond acceptors (Lipinski definition) is 1. The molecule has 0 aliphatic rings. The molecule has 0 saturated heterocycles. The Labute approximate surface area is 115 Å². The predicted octanol–water partition coefficient (Wildman–Crippen LogP) is 5.50. The van der Waals surface area contributed by atoms with Crippen molar-refractivity contribution >= 4 is 8.32 Å². The van der Waals surface area contributed by atoms with E-state index in [-0.39, 0.29) is 5.04 Å². The molecular formula is C16H30OSi. The third-order valence-corrected chi connectivity index (χ3v) is 7.94. The van der Waals surface area contributed by atoms with E-state index in [4.69, 9.17) is 4.43 Å². The molecule has 2 heteroatoms. The van der Waals surface area contributed by atoms with Gasteiger partial charge in [-0.2, -0.15) is 0 Å². The van der Waals surface area contributed by atoms with Gasteiger partial charge in [0.1, 0.15) is 5.76 Å². The van der Waals surface area contributed by atoms with Crippen molar-refractivity contribution in [1.82, 2.24) is 0 Å². The summed E-state index contributed by atoms with van der Waals surface area (Å²) in [5.41, 5.74) is 0. The van der Waals surface area contributed by atoms with Crippen molar-refractivity contribution in [3.05, 3.63) is 12.3 Å². The topological polar surface area (TPSA) is 9.23 Å². The Balaban J connectivity index is 4.09. The van der Waals surface area contributed by atoms with Crippen LogP contribution in [0, 0.1) is 11.8 Å².